The SMILES string of the molecule is Cc1nn(C)c(CNCC2(O)CCCC2)c1Br. The van der Waals surface area contributed by atoms with Crippen LogP contribution in [-0.2, 0) is 13.6 Å². The molecule has 2 rings (SSSR count). The minimum atomic E-state index is -0.486. The fourth-order valence-corrected chi connectivity index (χ4v) is 2.97. The van der Waals surface area contributed by atoms with E-state index >= 15 is 0 Å². The van der Waals surface area contributed by atoms with Gasteiger partial charge in [-0.3, -0.25) is 4.68 Å². The second-order valence-corrected chi connectivity index (χ2v) is 5.80. The quantitative estimate of drug-likeness (QED) is 0.893. The highest BCUT2D eigenvalue weighted by molar-refractivity contribution is 9.10. The smallest absolute Gasteiger partial charge is 0.0771 e. The van der Waals surface area contributed by atoms with Crippen LogP contribution >= 0.6 is 15.9 Å². The Bertz CT molecular complexity index is 397. The lowest BCUT2D eigenvalue weighted by molar-refractivity contribution is 0.0473. The van der Waals surface area contributed by atoms with Crippen LogP contribution in [0.25, 0.3) is 0 Å². The Morgan fingerprint density at radius 1 is 1.47 bits per heavy atom. The van der Waals surface area contributed by atoms with E-state index in [1.54, 1.807) is 0 Å². The van der Waals surface area contributed by atoms with Crippen LogP contribution in [0.4, 0.5) is 0 Å². The molecule has 0 aromatic carbocycles. The Morgan fingerprint density at radius 2 is 2.12 bits per heavy atom. The van der Waals surface area contributed by atoms with E-state index in [4.69, 9.17) is 0 Å². The lowest BCUT2D eigenvalue weighted by Crippen LogP contribution is -2.37. The molecule has 1 aliphatic carbocycles. The van der Waals surface area contributed by atoms with Gasteiger partial charge in [0.15, 0.2) is 0 Å². The van der Waals surface area contributed by atoms with Crippen molar-refractivity contribution in [2.45, 2.75) is 44.8 Å². The third-order valence-corrected chi connectivity index (χ3v) is 4.57. The van der Waals surface area contributed by atoms with E-state index in [1.807, 2.05) is 18.7 Å². The van der Waals surface area contributed by atoms with Crippen molar-refractivity contribution in [1.29, 1.82) is 0 Å². The second kappa shape index (κ2) is 5.08. The monoisotopic (exact) mass is 301 g/mol. The average molecular weight is 302 g/mol. The molecule has 0 bridgehead atoms. The molecule has 0 unspecified atom stereocenters. The number of hydrogen-bond acceptors (Lipinski definition) is 3. The van der Waals surface area contributed by atoms with E-state index < -0.39 is 5.60 Å². The van der Waals surface area contributed by atoms with Crippen LogP contribution in [0.1, 0.15) is 37.1 Å². The molecule has 96 valence electrons. The molecule has 0 aliphatic heterocycles. The van der Waals surface area contributed by atoms with E-state index in [2.05, 4.69) is 26.3 Å². The van der Waals surface area contributed by atoms with E-state index in [9.17, 15) is 5.11 Å². The Hall–Kier alpha value is -0.390. The third-order valence-electron chi connectivity index (χ3n) is 3.54. The first-order chi connectivity index (χ1) is 8.02. The third kappa shape index (κ3) is 2.89. The molecule has 1 aromatic heterocycles. The standard InChI is InChI=1S/C12H20BrN3O/c1-9-11(13)10(16(2)15-9)7-14-8-12(17)5-3-4-6-12/h14,17H,3-8H2,1-2H3. The highest BCUT2D eigenvalue weighted by Gasteiger charge is 2.30. The molecule has 2 N–H and O–H groups in total. The van der Waals surface area contributed by atoms with Gasteiger partial charge >= 0.3 is 0 Å². The number of nitrogens with one attached hydrogen (secondary N) is 1. The summed E-state index contributed by atoms with van der Waals surface area (Å²) in [5.41, 5.74) is 1.65. The molecule has 1 aliphatic rings. The van der Waals surface area contributed by atoms with Gasteiger partial charge in [0.25, 0.3) is 0 Å². The van der Waals surface area contributed by atoms with Crippen molar-refractivity contribution in [2.24, 2.45) is 7.05 Å². The van der Waals surface area contributed by atoms with Crippen LogP contribution in [0, 0.1) is 6.92 Å². The fraction of sp³-hybridized carbons (Fsp3) is 0.750. The predicted octanol–water partition coefficient (Wildman–Crippen LogP) is 1.89. The molecule has 1 heterocycles. The van der Waals surface area contributed by atoms with E-state index in [0.717, 1.165) is 48.1 Å². The zero-order valence-corrected chi connectivity index (χ0v) is 12.0. The topological polar surface area (TPSA) is 50.1 Å². The molecule has 4 nitrogen and oxygen atoms in total. The number of rotatable bonds is 4. The van der Waals surface area contributed by atoms with Crippen LogP contribution in [-0.4, -0.2) is 27.0 Å². The maximum Gasteiger partial charge on any atom is 0.0771 e. The maximum atomic E-state index is 10.2. The lowest BCUT2D eigenvalue weighted by atomic mass is 10.0. The molecule has 5 heteroatoms. The molecular weight excluding hydrogens is 282 g/mol. The van der Waals surface area contributed by atoms with E-state index in [1.165, 1.54) is 0 Å². The summed E-state index contributed by atoms with van der Waals surface area (Å²) in [5.74, 6) is 0. The highest BCUT2D eigenvalue weighted by atomic mass is 79.9. The van der Waals surface area contributed by atoms with Crippen LogP contribution in [0.5, 0.6) is 0 Å². The largest absolute Gasteiger partial charge is 0.389 e. The van der Waals surface area contributed by atoms with Crippen molar-refractivity contribution < 1.29 is 5.11 Å². The molecule has 0 atom stereocenters. The van der Waals surface area contributed by atoms with Crippen LogP contribution < -0.4 is 5.32 Å². The molecule has 0 spiro atoms. The van der Waals surface area contributed by atoms with Crippen LogP contribution in [0.2, 0.25) is 0 Å². The molecule has 17 heavy (non-hydrogen) atoms. The first-order valence-corrected chi connectivity index (χ1v) is 6.92. The summed E-state index contributed by atoms with van der Waals surface area (Å²) < 4.78 is 2.94. The first-order valence-electron chi connectivity index (χ1n) is 6.13. The normalized spacial score (nSPS) is 18.8. The Morgan fingerprint density at radius 3 is 2.65 bits per heavy atom. The van der Waals surface area contributed by atoms with Gasteiger partial charge in [-0.2, -0.15) is 5.10 Å². The van der Waals surface area contributed by atoms with Crippen LogP contribution in [0.15, 0.2) is 4.47 Å². The van der Waals surface area contributed by atoms with Gasteiger partial charge in [0.2, 0.25) is 0 Å². The molecule has 0 amide bonds. The summed E-state index contributed by atoms with van der Waals surface area (Å²) in [6.07, 6.45) is 4.14. The van der Waals surface area contributed by atoms with E-state index in [-0.39, 0.29) is 0 Å². The van der Waals surface area contributed by atoms with Crippen molar-refractivity contribution in [1.82, 2.24) is 15.1 Å². The fourth-order valence-electron chi connectivity index (χ4n) is 2.50. The summed E-state index contributed by atoms with van der Waals surface area (Å²) in [4.78, 5) is 0. The predicted molar refractivity (Wildman–Crippen MR) is 70.8 cm³/mol. The van der Waals surface area contributed by atoms with Gasteiger partial charge in [0.1, 0.15) is 0 Å². The van der Waals surface area contributed by atoms with Crippen molar-refractivity contribution in [3.63, 3.8) is 0 Å². The Labute approximate surface area is 111 Å². The molecular formula is C12H20BrN3O. The summed E-state index contributed by atoms with van der Waals surface area (Å²) in [6, 6.07) is 0. The van der Waals surface area contributed by atoms with Crippen molar-refractivity contribution in [2.75, 3.05) is 6.54 Å². The van der Waals surface area contributed by atoms with Gasteiger partial charge in [0, 0.05) is 20.1 Å². The molecule has 0 radical (unpaired) electrons. The summed E-state index contributed by atoms with van der Waals surface area (Å²) in [6.45, 7) is 3.39. The van der Waals surface area contributed by atoms with Gasteiger partial charge in [-0.1, -0.05) is 12.8 Å². The minimum absolute atomic E-state index is 0.486. The molecule has 1 saturated carbocycles. The zero-order chi connectivity index (χ0) is 12.5. The lowest BCUT2D eigenvalue weighted by Gasteiger charge is -2.22. The first kappa shape index (κ1) is 13.1. The summed E-state index contributed by atoms with van der Waals surface area (Å²) >= 11 is 3.54. The van der Waals surface area contributed by atoms with Crippen molar-refractivity contribution in [3.05, 3.63) is 15.9 Å². The van der Waals surface area contributed by atoms with Crippen molar-refractivity contribution >= 4 is 15.9 Å². The molecule has 1 fully saturated rings. The number of aromatic nitrogens is 2. The number of nitrogens with zero attached hydrogens (tertiary/aromatic N) is 2. The highest BCUT2D eigenvalue weighted by Crippen LogP contribution is 2.28. The zero-order valence-electron chi connectivity index (χ0n) is 10.5. The average Bonchev–Trinajstić information content (AvgIpc) is 2.79. The minimum Gasteiger partial charge on any atom is -0.389 e. The summed E-state index contributed by atoms with van der Waals surface area (Å²) in [7, 11) is 1.94. The van der Waals surface area contributed by atoms with E-state index in [0.29, 0.717) is 6.54 Å². The Balaban J connectivity index is 1.89. The van der Waals surface area contributed by atoms with Crippen LogP contribution in [0.3, 0.4) is 0 Å². The summed E-state index contributed by atoms with van der Waals surface area (Å²) in [5, 5.41) is 17.9. The Kier molecular flexibility index (Phi) is 3.90. The molecule has 1 aromatic rings. The number of aliphatic hydroxyl groups is 1. The number of halogens is 1. The number of aryl methyl sites for hydroxylation is 2. The second-order valence-electron chi connectivity index (χ2n) is 5.00. The molecule has 0 saturated heterocycles. The maximum absolute atomic E-state index is 10.2. The van der Waals surface area contributed by atoms with Gasteiger partial charge < -0.3 is 10.4 Å². The van der Waals surface area contributed by atoms with Gasteiger partial charge in [-0.25, -0.2) is 0 Å². The van der Waals surface area contributed by atoms with Gasteiger partial charge in [-0.15, -0.1) is 0 Å². The number of hydrogen-bond donors (Lipinski definition) is 2. The van der Waals surface area contributed by atoms with Crippen molar-refractivity contribution in [3.8, 4) is 0 Å². The van der Waals surface area contributed by atoms with Gasteiger partial charge in [0.05, 0.1) is 21.5 Å². The van der Waals surface area contributed by atoms with Gasteiger partial charge in [-0.05, 0) is 35.7 Å².